The molecule has 0 aliphatic carbocycles. The molecule has 31 heavy (non-hydrogen) atoms. The maximum Gasteiger partial charge on any atom is 0.229 e. The average molecular weight is 443 g/mol. The van der Waals surface area contributed by atoms with Crippen molar-refractivity contribution in [2.45, 2.75) is 0 Å². The van der Waals surface area contributed by atoms with Crippen LogP contribution in [0.3, 0.4) is 0 Å². The Bertz CT molecular complexity index is 1370. The monoisotopic (exact) mass is 443 g/mol. The van der Waals surface area contributed by atoms with Gasteiger partial charge >= 0.3 is 0 Å². The summed E-state index contributed by atoms with van der Waals surface area (Å²) in [5.41, 5.74) is 7.88. The van der Waals surface area contributed by atoms with Crippen LogP contribution in [0.4, 0.5) is 20.3 Å². The first-order chi connectivity index (χ1) is 14.7. The molecule has 0 unspecified atom stereocenters. The van der Waals surface area contributed by atoms with Crippen molar-refractivity contribution in [2.24, 2.45) is 0 Å². The van der Waals surface area contributed by atoms with Crippen LogP contribution in [0.15, 0.2) is 54.7 Å². The van der Waals surface area contributed by atoms with Crippen molar-refractivity contribution in [3.8, 4) is 28.2 Å². The van der Waals surface area contributed by atoms with Gasteiger partial charge in [-0.05, 0) is 46.3 Å². The van der Waals surface area contributed by atoms with E-state index in [-0.39, 0.29) is 17.3 Å². The van der Waals surface area contributed by atoms with Gasteiger partial charge in [0.2, 0.25) is 10.0 Å². The lowest BCUT2D eigenvalue weighted by Gasteiger charge is -2.10. The number of sulfonamides is 1. The van der Waals surface area contributed by atoms with Crippen molar-refractivity contribution in [3.63, 3.8) is 0 Å². The zero-order valence-electron chi connectivity index (χ0n) is 16.0. The van der Waals surface area contributed by atoms with Crippen molar-refractivity contribution in [1.29, 1.82) is 0 Å². The molecule has 0 aliphatic heterocycles. The Hall–Kier alpha value is -3.93. The second-order valence-corrected chi connectivity index (χ2v) is 8.34. The minimum atomic E-state index is -3.40. The molecule has 2 aromatic carbocycles. The summed E-state index contributed by atoms with van der Waals surface area (Å²) in [7, 11) is -3.40. The van der Waals surface area contributed by atoms with E-state index in [0.29, 0.717) is 22.4 Å². The largest absolute Gasteiger partial charge is 0.383 e. The van der Waals surface area contributed by atoms with Crippen LogP contribution in [0.2, 0.25) is 0 Å². The molecule has 0 fully saturated rings. The number of hydrogen-bond acceptors (Lipinski definition) is 7. The molecule has 0 bridgehead atoms. The van der Waals surface area contributed by atoms with Crippen molar-refractivity contribution in [3.05, 3.63) is 66.4 Å². The Labute approximate surface area is 175 Å². The summed E-state index contributed by atoms with van der Waals surface area (Å²) in [5.74, 6) is -1.98. The molecule has 0 atom stereocenters. The van der Waals surface area contributed by atoms with Gasteiger partial charge in [-0.2, -0.15) is 4.68 Å². The SMILES string of the molecule is CS(=O)(=O)Nc1ccc(-c2cnc(N)c(-c3nnnn3-c3cccc(F)c3F)c2)cc1. The summed E-state index contributed by atoms with van der Waals surface area (Å²) in [6, 6.07) is 11.9. The first-order valence-corrected chi connectivity index (χ1v) is 10.7. The smallest absolute Gasteiger partial charge is 0.229 e. The van der Waals surface area contributed by atoms with E-state index in [1.165, 1.54) is 18.3 Å². The van der Waals surface area contributed by atoms with Gasteiger partial charge in [0.25, 0.3) is 0 Å². The van der Waals surface area contributed by atoms with Crippen LogP contribution in [0.25, 0.3) is 28.2 Å². The summed E-state index contributed by atoms with van der Waals surface area (Å²) >= 11 is 0. The van der Waals surface area contributed by atoms with Crippen LogP contribution >= 0.6 is 0 Å². The van der Waals surface area contributed by atoms with Gasteiger partial charge < -0.3 is 5.73 Å². The fraction of sp³-hybridized carbons (Fsp3) is 0.0526. The lowest BCUT2D eigenvalue weighted by molar-refractivity contribution is 0.501. The molecule has 4 aromatic rings. The summed E-state index contributed by atoms with van der Waals surface area (Å²) in [6.07, 6.45) is 2.58. The molecule has 3 N–H and O–H groups in total. The van der Waals surface area contributed by atoms with Gasteiger partial charge in [-0.3, -0.25) is 4.72 Å². The summed E-state index contributed by atoms with van der Waals surface area (Å²) in [6.45, 7) is 0. The van der Waals surface area contributed by atoms with Crippen LogP contribution < -0.4 is 10.5 Å². The molecule has 2 heterocycles. The van der Waals surface area contributed by atoms with E-state index in [0.717, 1.165) is 17.0 Å². The predicted octanol–water partition coefficient (Wildman–Crippen LogP) is 2.62. The fourth-order valence-electron chi connectivity index (χ4n) is 2.93. The molecule has 158 valence electrons. The minimum Gasteiger partial charge on any atom is -0.383 e. The number of tetrazole rings is 1. The highest BCUT2D eigenvalue weighted by Gasteiger charge is 2.19. The Morgan fingerprint density at radius 3 is 2.52 bits per heavy atom. The highest BCUT2D eigenvalue weighted by atomic mass is 32.2. The maximum atomic E-state index is 14.3. The number of nitrogens with zero attached hydrogens (tertiary/aromatic N) is 5. The lowest BCUT2D eigenvalue weighted by Crippen LogP contribution is -2.09. The van der Waals surface area contributed by atoms with Crippen molar-refractivity contribution >= 4 is 21.5 Å². The maximum absolute atomic E-state index is 14.3. The zero-order valence-corrected chi connectivity index (χ0v) is 16.8. The van der Waals surface area contributed by atoms with Crippen LogP contribution in [0.1, 0.15) is 0 Å². The van der Waals surface area contributed by atoms with Gasteiger partial charge in [0.1, 0.15) is 11.5 Å². The first-order valence-electron chi connectivity index (χ1n) is 8.80. The number of anilines is 2. The minimum absolute atomic E-state index is 0.0757. The Balaban J connectivity index is 1.75. The van der Waals surface area contributed by atoms with Gasteiger partial charge in [-0.1, -0.05) is 18.2 Å². The summed E-state index contributed by atoms with van der Waals surface area (Å²) in [5, 5.41) is 11.2. The molecule has 9 nitrogen and oxygen atoms in total. The molecule has 2 aromatic heterocycles. The molecular weight excluding hydrogens is 428 g/mol. The van der Waals surface area contributed by atoms with Crippen LogP contribution in [-0.2, 0) is 10.0 Å². The van der Waals surface area contributed by atoms with Gasteiger partial charge in [0.05, 0.1) is 11.8 Å². The average Bonchev–Trinajstić information content (AvgIpc) is 3.19. The number of nitrogen functional groups attached to an aromatic ring is 1. The topological polar surface area (TPSA) is 129 Å². The molecule has 0 amide bonds. The number of aromatic nitrogens is 5. The molecule has 0 saturated heterocycles. The molecule has 0 radical (unpaired) electrons. The molecule has 4 rings (SSSR count). The van der Waals surface area contributed by atoms with E-state index in [2.05, 4.69) is 25.2 Å². The van der Waals surface area contributed by atoms with Crippen LogP contribution in [-0.4, -0.2) is 39.9 Å². The van der Waals surface area contributed by atoms with Crippen molar-refractivity contribution in [1.82, 2.24) is 25.2 Å². The number of nitrogens with one attached hydrogen (secondary N) is 1. The number of pyridine rings is 1. The highest BCUT2D eigenvalue weighted by molar-refractivity contribution is 7.92. The molecule has 0 spiro atoms. The molecule has 12 heteroatoms. The van der Waals surface area contributed by atoms with E-state index in [9.17, 15) is 17.2 Å². The van der Waals surface area contributed by atoms with Crippen LogP contribution in [0, 0.1) is 11.6 Å². The third-order valence-corrected chi connectivity index (χ3v) is 4.92. The first kappa shape index (κ1) is 20.3. The highest BCUT2D eigenvalue weighted by Crippen LogP contribution is 2.30. The van der Waals surface area contributed by atoms with Gasteiger partial charge in [-0.25, -0.2) is 22.2 Å². The van der Waals surface area contributed by atoms with Crippen molar-refractivity contribution in [2.75, 3.05) is 16.7 Å². The third-order valence-electron chi connectivity index (χ3n) is 4.31. The Morgan fingerprint density at radius 1 is 1.06 bits per heavy atom. The number of nitrogens with two attached hydrogens (primary N) is 1. The van der Waals surface area contributed by atoms with E-state index in [1.54, 1.807) is 30.3 Å². The van der Waals surface area contributed by atoms with Gasteiger partial charge in [-0.15, -0.1) is 5.10 Å². The lowest BCUT2D eigenvalue weighted by atomic mass is 10.0. The van der Waals surface area contributed by atoms with E-state index < -0.39 is 21.7 Å². The molecule has 0 aliphatic rings. The van der Waals surface area contributed by atoms with Gasteiger partial charge in [0.15, 0.2) is 17.5 Å². The fourth-order valence-corrected chi connectivity index (χ4v) is 3.49. The summed E-state index contributed by atoms with van der Waals surface area (Å²) < 4.78 is 54.1. The van der Waals surface area contributed by atoms with E-state index in [1.807, 2.05) is 0 Å². The quantitative estimate of drug-likeness (QED) is 0.485. The Kier molecular flexibility index (Phi) is 5.07. The predicted molar refractivity (Wildman–Crippen MR) is 111 cm³/mol. The standard InChI is InChI=1S/C19H15F2N7O2S/c1-31(29,30)25-13-7-5-11(6-8-13)12-9-14(18(22)23-10-12)19-24-26-27-28(19)16-4-2-3-15(20)17(16)21/h2-10,25H,1H3,(H2,22,23). The van der Waals surface area contributed by atoms with E-state index in [4.69, 9.17) is 5.73 Å². The zero-order chi connectivity index (χ0) is 22.2. The number of rotatable bonds is 5. The van der Waals surface area contributed by atoms with Gasteiger partial charge in [0, 0.05) is 17.4 Å². The number of halogens is 2. The van der Waals surface area contributed by atoms with E-state index >= 15 is 0 Å². The summed E-state index contributed by atoms with van der Waals surface area (Å²) in [4.78, 5) is 4.16. The molecule has 0 saturated carbocycles. The Morgan fingerprint density at radius 2 is 1.81 bits per heavy atom. The third kappa shape index (κ3) is 4.19. The second-order valence-electron chi connectivity index (χ2n) is 6.60. The van der Waals surface area contributed by atoms with Crippen LogP contribution in [0.5, 0.6) is 0 Å². The number of benzene rings is 2. The second kappa shape index (κ2) is 7.72. The normalized spacial score (nSPS) is 11.5. The molecular formula is C19H15F2N7O2S. The number of hydrogen-bond donors (Lipinski definition) is 2. The van der Waals surface area contributed by atoms with Crippen molar-refractivity contribution < 1.29 is 17.2 Å².